The molecule has 6 heteroatoms. The summed E-state index contributed by atoms with van der Waals surface area (Å²) in [4.78, 5) is 0. The van der Waals surface area contributed by atoms with Crippen LogP contribution in [0.25, 0.3) is 0 Å². The van der Waals surface area contributed by atoms with Crippen LogP contribution in [0.4, 0.5) is 14.5 Å². The van der Waals surface area contributed by atoms with Gasteiger partial charge in [0.05, 0.1) is 7.11 Å². The van der Waals surface area contributed by atoms with Crippen LogP contribution in [0.3, 0.4) is 0 Å². The van der Waals surface area contributed by atoms with Crippen LogP contribution in [0.5, 0.6) is 11.5 Å². The summed E-state index contributed by atoms with van der Waals surface area (Å²) in [5.74, 6) is 0.848. The number of halogens is 3. The minimum atomic E-state index is -2.82. The third-order valence-electron chi connectivity index (χ3n) is 2.80. The molecule has 0 atom stereocenters. The fourth-order valence-corrected chi connectivity index (χ4v) is 2.03. The lowest BCUT2D eigenvalue weighted by atomic mass is 10.2. The maximum Gasteiger partial charge on any atom is 0.387 e. The fraction of sp³-hybridized carbons (Fsp3) is 0.200. The molecule has 2 aromatic carbocycles. The van der Waals surface area contributed by atoms with Crippen LogP contribution < -0.4 is 14.8 Å². The molecule has 2 aromatic rings. The summed E-state index contributed by atoms with van der Waals surface area (Å²) in [5, 5.41) is 3.78. The highest BCUT2D eigenvalue weighted by Gasteiger charge is 2.05. The summed E-state index contributed by atoms with van der Waals surface area (Å²) in [6.07, 6.45) is 0. The molecule has 0 aliphatic carbocycles. The van der Waals surface area contributed by atoms with E-state index >= 15 is 0 Å². The van der Waals surface area contributed by atoms with Crippen molar-refractivity contribution < 1.29 is 18.3 Å². The summed E-state index contributed by atoms with van der Waals surface area (Å²) >= 11 is 5.95. The van der Waals surface area contributed by atoms with Crippen LogP contribution in [0, 0.1) is 0 Å². The highest BCUT2D eigenvalue weighted by atomic mass is 35.5. The summed E-state index contributed by atoms with van der Waals surface area (Å²) in [6, 6.07) is 11.6. The molecule has 1 N–H and O–H groups in total. The van der Waals surface area contributed by atoms with Crippen molar-refractivity contribution >= 4 is 17.3 Å². The van der Waals surface area contributed by atoms with E-state index < -0.39 is 6.61 Å². The number of hydrogen-bond donors (Lipinski definition) is 1. The summed E-state index contributed by atoms with van der Waals surface area (Å²) in [7, 11) is 1.59. The van der Waals surface area contributed by atoms with E-state index in [4.69, 9.17) is 16.3 Å². The number of anilines is 1. The second kappa shape index (κ2) is 7.13. The largest absolute Gasteiger partial charge is 0.496 e. The van der Waals surface area contributed by atoms with Crippen molar-refractivity contribution in [3.05, 3.63) is 53.1 Å². The van der Waals surface area contributed by atoms with Crippen molar-refractivity contribution in [1.82, 2.24) is 0 Å². The van der Waals surface area contributed by atoms with E-state index in [0.717, 1.165) is 17.0 Å². The highest BCUT2D eigenvalue weighted by Crippen LogP contribution is 2.24. The zero-order chi connectivity index (χ0) is 15.2. The van der Waals surface area contributed by atoms with Gasteiger partial charge >= 0.3 is 6.61 Å². The van der Waals surface area contributed by atoms with Crippen LogP contribution in [0.1, 0.15) is 5.56 Å². The van der Waals surface area contributed by atoms with Crippen molar-refractivity contribution in [3.63, 3.8) is 0 Å². The molecule has 0 aliphatic heterocycles. The van der Waals surface area contributed by atoms with Gasteiger partial charge < -0.3 is 14.8 Å². The number of methoxy groups -OCH3 is 1. The predicted octanol–water partition coefficient (Wildman–Crippen LogP) is 4.56. The van der Waals surface area contributed by atoms with Gasteiger partial charge in [0.2, 0.25) is 0 Å². The van der Waals surface area contributed by atoms with E-state index in [1.165, 1.54) is 12.1 Å². The summed E-state index contributed by atoms with van der Waals surface area (Å²) in [5.41, 5.74) is 1.68. The lowest BCUT2D eigenvalue weighted by molar-refractivity contribution is -0.0498. The SMILES string of the molecule is COc1ccc(Cl)cc1CNc1ccc(OC(F)F)cc1. The number of hydrogen-bond acceptors (Lipinski definition) is 3. The van der Waals surface area contributed by atoms with Crippen molar-refractivity contribution in [2.45, 2.75) is 13.2 Å². The second-order valence-corrected chi connectivity index (χ2v) is 4.65. The first-order valence-corrected chi connectivity index (χ1v) is 6.57. The molecule has 21 heavy (non-hydrogen) atoms. The van der Waals surface area contributed by atoms with Crippen molar-refractivity contribution in [2.75, 3.05) is 12.4 Å². The molecule has 0 heterocycles. The van der Waals surface area contributed by atoms with Crippen molar-refractivity contribution in [2.24, 2.45) is 0 Å². The molecule has 0 saturated heterocycles. The van der Waals surface area contributed by atoms with Gasteiger partial charge in [-0.2, -0.15) is 8.78 Å². The maximum absolute atomic E-state index is 12.0. The van der Waals surface area contributed by atoms with E-state index in [-0.39, 0.29) is 5.75 Å². The van der Waals surface area contributed by atoms with Gasteiger partial charge in [0, 0.05) is 22.8 Å². The Morgan fingerprint density at radius 2 is 1.86 bits per heavy atom. The monoisotopic (exact) mass is 313 g/mol. The first-order valence-electron chi connectivity index (χ1n) is 6.19. The molecular formula is C15H14ClF2NO2. The zero-order valence-corrected chi connectivity index (χ0v) is 12.0. The average molecular weight is 314 g/mol. The minimum Gasteiger partial charge on any atom is -0.496 e. The first-order chi connectivity index (χ1) is 10.1. The molecule has 0 saturated carbocycles. The van der Waals surface area contributed by atoms with Crippen LogP contribution in [0.2, 0.25) is 5.02 Å². The summed E-state index contributed by atoms with van der Waals surface area (Å²) in [6.45, 7) is -2.32. The van der Waals surface area contributed by atoms with E-state index in [2.05, 4.69) is 10.1 Å². The van der Waals surface area contributed by atoms with E-state index in [1.54, 1.807) is 31.4 Å². The van der Waals surface area contributed by atoms with E-state index in [1.807, 2.05) is 6.07 Å². The lowest BCUT2D eigenvalue weighted by Crippen LogP contribution is -2.03. The lowest BCUT2D eigenvalue weighted by Gasteiger charge is -2.11. The number of benzene rings is 2. The maximum atomic E-state index is 12.0. The van der Waals surface area contributed by atoms with Gasteiger partial charge in [0.15, 0.2) is 0 Å². The summed E-state index contributed by atoms with van der Waals surface area (Å²) < 4.78 is 33.6. The van der Waals surface area contributed by atoms with Crippen LogP contribution in [-0.4, -0.2) is 13.7 Å². The van der Waals surface area contributed by atoms with Gasteiger partial charge in [0.1, 0.15) is 11.5 Å². The normalized spacial score (nSPS) is 10.5. The average Bonchev–Trinajstić information content (AvgIpc) is 2.46. The Morgan fingerprint density at radius 3 is 2.48 bits per heavy atom. The van der Waals surface area contributed by atoms with E-state index in [9.17, 15) is 8.78 Å². The zero-order valence-electron chi connectivity index (χ0n) is 11.3. The topological polar surface area (TPSA) is 30.5 Å². The van der Waals surface area contributed by atoms with Gasteiger partial charge in [-0.15, -0.1) is 0 Å². The molecule has 0 amide bonds. The smallest absolute Gasteiger partial charge is 0.387 e. The Bertz CT molecular complexity index is 591. The Kier molecular flexibility index (Phi) is 5.22. The Balaban J connectivity index is 2.01. The van der Waals surface area contributed by atoms with Crippen LogP contribution in [0.15, 0.2) is 42.5 Å². The van der Waals surface area contributed by atoms with Gasteiger partial charge in [-0.25, -0.2) is 0 Å². The second-order valence-electron chi connectivity index (χ2n) is 4.21. The third-order valence-corrected chi connectivity index (χ3v) is 3.04. The molecule has 112 valence electrons. The predicted molar refractivity (Wildman–Crippen MR) is 78.4 cm³/mol. The quantitative estimate of drug-likeness (QED) is 0.848. The number of alkyl halides is 2. The number of ether oxygens (including phenoxy) is 2. The van der Waals surface area contributed by atoms with Gasteiger partial charge in [-0.3, -0.25) is 0 Å². The molecule has 0 aromatic heterocycles. The Labute approximate surface area is 126 Å². The standard InChI is InChI=1S/C15H14ClF2NO2/c1-20-14-7-2-11(16)8-10(14)9-19-12-3-5-13(6-4-12)21-15(17)18/h2-8,15,19H,9H2,1H3. The first kappa shape index (κ1) is 15.4. The van der Waals surface area contributed by atoms with E-state index in [0.29, 0.717) is 11.6 Å². The molecule has 0 aliphatic rings. The van der Waals surface area contributed by atoms with Gasteiger partial charge in [-0.1, -0.05) is 11.6 Å². The fourth-order valence-electron chi connectivity index (χ4n) is 1.84. The third kappa shape index (κ3) is 4.49. The molecule has 0 fully saturated rings. The molecular weight excluding hydrogens is 300 g/mol. The Morgan fingerprint density at radius 1 is 1.14 bits per heavy atom. The minimum absolute atomic E-state index is 0.121. The molecule has 3 nitrogen and oxygen atoms in total. The van der Waals surface area contributed by atoms with Crippen molar-refractivity contribution in [1.29, 1.82) is 0 Å². The van der Waals surface area contributed by atoms with Crippen LogP contribution in [-0.2, 0) is 6.54 Å². The Hall–Kier alpha value is -2.01. The molecule has 0 bridgehead atoms. The van der Waals surface area contributed by atoms with Gasteiger partial charge in [-0.05, 0) is 42.5 Å². The molecule has 0 spiro atoms. The molecule has 0 radical (unpaired) electrons. The van der Waals surface area contributed by atoms with Gasteiger partial charge in [0.25, 0.3) is 0 Å². The number of nitrogens with one attached hydrogen (secondary N) is 1. The molecule has 2 rings (SSSR count). The molecule has 0 unspecified atom stereocenters. The highest BCUT2D eigenvalue weighted by molar-refractivity contribution is 6.30. The van der Waals surface area contributed by atoms with Crippen LogP contribution >= 0.6 is 11.6 Å². The van der Waals surface area contributed by atoms with Crippen molar-refractivity contribution in [3.8, 4) is 11.5 Å². The number of rotatable bonds is 6.